The lowest BCUT2D eigenvalue weighted by Gasteiger charge is -2.20. The van der Waals surface area contributed by atoms with Gasteiger partial charge in [0.05, 0.1) is 4.90 Å². The lowest BCUT2D eigenvalue weighted by molar-refractivity contribution is -0.119. The molecular formula is C19H22N2O4S2. The molecule has 2 aromatic carbocycles. The summed E-state index contributed by atoms with van der Waals surface area (Å²) < 4.78 is 32.6. The van der Waals surface area contributed by atoms with Crippen LogP contribution in [-0.2, 0) is 14.8 Å². The molecule has 1 unspecified atom stereocenters. The smallest absolute Gasteiger partial charge is 0.255 e. The summed E-state index contributed by atoms with van der Waals surface area (Å²) in [6.07, 6.45) is 0.772. The van der Waals surface area contributed by atoms with E-state index in [9.17, 15) is 13.2 Å². The van der Waals surface area contributed by atoms with Gasteiger partial charge in [-0.3, -0.25) is 4.79 Å². The zero-order valence-electron chi connectivity index (χ0n) is 14.8. The predicted molar refractivity (Wildman–Crippen MR) is 106 cm³/mol. The quantitative estimate of drug-likeness (QED) is 0.796. The van der Waals surface area contributed by atoms with Crippen LogP contribution in [0.4, 0.5) is 0 Å². The van der Waals surface area contributed by atoms with Gasteiger partial charge in [-0.1, -0.05) is 30.3 Å². The molecular weight excluding hydrogens is 384 g/mol. The second-order valence-corrected chi connectivity index (χ2v) is 9.44. The van der Waals surface area contributed by atoms with Crippen LogP contribution < -0.4 is 10.5 Å². The molecule has 0 aromatic heterocycles. The van der Waals surface area contributed by atoms with Crippen molar-refractivity contribution in [2.24, 2.45) is 5.73 Å². The molecule has 2 N–H and O–H groups in total. The normalized spacial score (nSPS) is 18.6. The lowest BCUT2D eigenvalue weighted by atomic mass is 10.1. The van der Waals surface area contributed by atoms with Gasteiger partial charge in [0.2, 0.25) is 10.0 Å². The van der Waals surface area contributed by atoms with E-state index in [1.54, 1.807) is 16.1 Å². The second kappa shape index (κ2) is 8.77. The fourth-order valence-electron chi connectivity index (χ4n) is 2.94. The highest BCUT2D eigenvalue weighted by molar-refractivity contribution is 7.99. The minimum absolute atomic E-state index is 0.220. The highest BCUT2D eigenvalue weighted by atomic mass is 32.2. The van der Waals surface area contributed by atoms with Gasteiger partial charge < -0.3 is 10.5 Å². The number of amides is 1. The first-order valence-corrected chi connectivity index (χ1v) is 11.1. The minimum Gasteiger partial charge on any atom is -0.484 e. The van der Waals surface area contributed by atoms with Gasteiger partial charge in [0.25, 0.3) is 5.91 Å². The molecule has 1 aliphatic rings. The molecule has 6 nitrogen and oxygen atoms in total. The standard InChI is InChI=1S/C19H22N2O4S2/c20-19(22)14-25-16-6-8-17(9-7-16)27(23,24)21-11-10-18(26-13-12-21)15-4-2-1-3-5-15/h1-9,18H,10-14H2,(H2,20,22). The molecule has 0 aliphatic carbocycles. The van der Waals surface area contributed by atoms with Gasteiger partial charge in [-0.25, -0.2) is 8.42 Å². The van der Waals surface area contributed by atoms with Crippen molar-refractivity contribution in [1.29, 1.82) is 0 Å². The van der Waals surface area contributed by atoms with E-state index >= 15 is 0 Å². The van der Waals surface area contributed by atoms with E-state index in [-0.39, 0.29) is 11.5 Å². The number of thioether (sulfide) groups is 1. The number of hydrogen-bond donors (Lipinski definition) is 1. The maximum Gasteiger partial charge on any atom is 0.255 e. The third-order valence-electron chi connectivity index (χ3n) is 4.31. The third-order valence-corrected chi connectivity index (χ3v) is 7.56. The Bertz CT molecular complexity index is 870. The number of ether oxygens (including phenoxy) is 1. The molecule has 8 heteroatoms. The molecule has 1 saturated heterocycles. The predicted octanol–water partition coefficient (Wildman–Crippen LogP) is 2.42. The minimum atomic E-state index is -3.57. The molecule has 27 heavy (non-hydrogen) atoms. The van der Waals surface area contributed by atoms with Crippen LogP contribution in [0.3, 0.4) is 0 Å². The molecule has 1 fully saturated rings. The zero-order valence-corrected chi connectivity index (χ0v) is 16.4. The molecule has 144 valence electrons. The Balaban J connectivity index is 1.68. The van der Waals surface area contributed by atoms with Crippen LogP contribution in [0.5, 0.6) is 5.75 Å². The molecule has 3 rings (SSSR count). The number of rotatable bonds is 6. The molecule has 1 atom stereocenters. The number of nitrogens with two attached hydrogens (primary N) is 1. The first-order valence-electron chi connectivity index (χ1n) is 8.64. The molecule has 0 spiro atoms. The maximum absolute atomic E-state index is 13.0. The summed E-state index contributed by atoms with van der Waals surface area (Å²) in [7, 11) is -3.57. The highest BCUT2D eigenvalue weighted by Gasteiger charge is 2.28. The van der Waals surface area contributed by atoms with Gasteiger partial charge >= 0.3 is 0 Å². The van der Waals surface area contributed by atoms with Crippen molar-refractivity contribution < 1.29 is 17.9 Å². The van der Waals surface area contributed by atoms with E-state index < -0.39 is 15.9 Å². The van der Waals surface area contributed by atoms with Crippen LogP contribution in [-0.4, -0.2) is 44.1 Å². The van der Waals surface area contributed by atoms with Crippen molar-refractivity contribution >= 4 is 27.7 Å². The van der Waals surface area contributed by atoms with Gasteiger partial charge in [-0.05, 0) is 36.2 Å². The van der Waals surface area contributed by atoms with E-state index in [1.165, 1.54) is 29.8 Å². The summed E-state index contributed by atoms with van der Waals surface area (Å²) in [6, 6.07) is 16.3. The molecule has 1 heterocycles. The largest absolute Gasteiger partial charge is 0.484 e. The van der Waals surface area contributed by atoms with Gasteiger partial charge in [0.15, 0.2) is 6.61 Å². The van der Waals surface area contributed by atoms with Crippen LogP contribution in [0.25, 0.3) is 0 Å². The van der Waals surface area contributed by atoms with Crippen molar-refractivity contribution in [2.75, 3.05) is 25.4 Å². The number of carbonyl (C=O) groups is 1. The van der Waals surface area contributed by atoms with Gasteiger partial charge in [0, 0.05) is 24.1 Å². The van der Waals surface area contributed by atoms with Crippen LogP contribution in [0, 0.1) is 0 Å². The average Bonchev–Trinajstić information content (AvgIpc) is 2.94. The summed E-state index contributed by atoms with van der Waals surface area (Å²) in [4.78, 5) is 11.0. The summed E-state index contributed by atoms with van der Waals surface area (Å²) in [5.41, 5.74) is 6.27. The molecule has 0 bridgehead atoms. The molecule has 1 aliphatic heterocycles. The van der Waals surface area contributed by atoms with E-state index in [0.29, 0.717) is 24.1 Å². The van der Waals surface area contributed by atoms with Crippen LogP contribution in [0.15, 0.2) is 59.5 Å². The van der Waals surface area contributed by atoms with Gasteiger partial charge in [-0.2, -0.15) is 16.1 Å². The van der Waals surface area contributed by atoms with Crippen LogP contribution in [0.1, 0.15) is 17.2 Å². The number of sulfonamides is 1. The van der Waals surface area contributed by atoms with Crippen molar-refractivity contribution in [3.8, 4) is 5.75 Å². The molecule has 0 radical (unpaired) electrons. The Morgan fingerprint density at radius 3 is 2.48 bits per heavy atom. The van der Waals surface area contributed by atoms with E-state index in [1.807, 2.05) is 18.2 Å². The van der Waals surface area contributed by atoms with E-state index in [4.69, 9.17) is 10.5 Å². The number of benzene rings is 2. The van der Waals surface area contributed by atoms with Crippen molar-refractivity contribution in [3.63, 3.8) is 0 Å². The van der Waals surface area contributed by atoms with E-state index in [2.05, 4.69) is 12.1 Å². The number of nitrogens with zero attached hydrogens (tertiary/aromatic N) is 1. The van der Waals surface area contributed by atoms with Gasteiger partial charge in [-0.15, -0.1) is 0 Å². The second-order valence-electron chi connectivity index (χ2n) is 6.19. The summed E-state index contributed by atoms with van der Waals surface area (Å²) >= 11 is 1.79. The van der Waals surface area contributed by atoms with Gasteiger partial charge in [0.1, 0.15) is 5.75 Å². The summed E-state index contributed by atoms with van der Waals surface area (Å²) in [6.45, 7) is 0.724. The summed E-state index contributed by atoms with van der Waals surface area (Å²) in [5.74, 6) is 0.573. The first kappa shape index (κ1) is 19.7. The maximum atomic E-state index is 13.0. The van der Waals surface area contributed by atoms with Crippen molar-refractivity contribution in [3.05, 3.63) is 60.2 Å². The molecule has 2 aromatic rings. The fourth-order valence-corrected chi connectivity index (χ4v) is 5.74. The third kappa shape index (κ3) is 5.03. The summed E-state index contributed by atoms with van der Waals surface area (Å²) in [5, 5.41) is 0.302. The highest BCUT2D eigenvalue weighted by Crippen LogP contribution is 2.35. The number of hydrogen-bond acceptors (Lipinski definition) is 5. The zero-order chi connectivity index (χ0) is 19.3. The lowest BCUT2D eigenvalue weighted by Crippen LogP contribution is -2.33. The monoisotopic (exact) mass is 406 g/mol. The Morgan fingerprint density at radius 1 is 1.11 bits per heavy atom. The van der Waals surface area contributed by atoms with Crippen LogP contribution >= 0.6 is 11.8 Å². The Hall–Kier alpha value is -2.03. The Labute approximate surface area is 163 Å². The molecule has 0 saturated carbocycles. The fraction of sp³-hybridized carbons (Fsp3) is 0.316. The Morgan fingerprint density at radius 2 is 1.81 bits per heavy atom. The average molecular weight is 407 g/mol. The SMILES string of the molecule is NC(=O)COc1ccc(S(=O)(=O)N2CCSC(c3ccccc3)CC2)cc1. The number of carbonyl (C=O) groups excluding carboxylic acids is 1. The van der Waals surface area contributed by atoms with Crippen LogP contribution in [0.2, 0.25) is 0 Å². The van der Waals surface area contributed by atoms with E-state index in [0.717, 1.165) is 12.2 Å². The number of primary amides is 1. The molecule has 1 amide bonds. The topological polar surface area (TPSA) is 89.7 Å². The van der Waals surface area contributed by atoms with Crippen molar-refractivity contribution in [2.45, 2.75) is 16.6 Å². The first-order chi connectivity index (χ1) is 13.0. The Kier molecular flexibility index (Phi) is 6.41. The van der Waals surface area contributed by atoms with Crippen molar-refractivity contribution in [1.82, 2.24) is 4.31 Å².